The molecule has 128 valence electrons. The molecule has 0 unspecified atom stereocenters. The number of carbonyl (C=O) groups is 2. The number of hydrogen-bond acceptors (Lipinski definition) is 4. The van der Waals surface area contributed by atoms with Gasteiger partial charge in [-0.05, 0) is 27.7 Å². The molecule has 7 heteroatoms. The van der Waals surface area contributed by atoms with Crippen molar-refractivity contribution in [3.8, 4) is 0 Å². The van der Waals surface area contributed by atoms with Crippen molar-refractivity contribution in [3.63, 3.8) is 0 Å². The molecular formula is C16H27N5O2. The van der Waals surface area contributed by atoms with E-state index in [-0.39, 0.29) is 17.9 Å². The fourth-order valence-electron chi connectivity index (χ4n) is 2.92. The van der Waals surface area contributed by atoms with Gasteiger partial charge in [0.05, 0.1) is 17.8 Å². The predicted molar refractivity (Wildman–Crippen MR) is 88.3 cm³/mol. The first kappa shape index (κ1) is 17.5. The minimum absolute atomic E-state index is 0.0405. The molecule has 0 bridgehead atoms. The van der Waals surface area contributed by atoms with Crippen LogP contribution in [0.1, 0.15) is 35.6 Å². The summed E-state index contributed by atoms with van der Waals surface area (Å²) in [4.78, 5) is 28.5. The fraction of sp³-hybridized carbons (Fsp3) is 0.688. The van der Waals surface area contributed by atoms with Gasteiger partial charge in [-0.3, -0.25) is 19.2 Å². The van der Waals surface area contributed by atoms with Gasteiger partial charge < -0.3 is 10.2 Å². The Kier molecular flexibility index (Phi) is 5.41. The van der Waals surface area contributed by atoms with Crippen LogP contribution in [0.2, 0.25) is 0 Å². The van der Waals surface area contributed by atoms with Crippen LogP contribution in [0, 0.1) is 13.8 Å². The van der Waals surface area contributed by atoms with Gasteiger partial charge in [-0.2, -0.15) is 5.10 Å². The van der Waals surface area contributed by atoms with Crippen LogP contribution in [0.15, 0.2) is 0 Å². The van der Waals surface area contributed by atoms with Gasteiger partial charge in [0, 0.05) is 45.0 Å². The second-order valence-electron chi connectivity index (χ2n) is 6.46. The Bertz CT molecular complexity index is 586. The molecule has 7 nitrogen and oxygen atoms in total. The summed E-state index contributed by atoms with van der Waals surface area (Å²) in [6.45, 7) is 10.8. The monoisotopic (exact) mass is 321 g/mol. The highest BCUT2D eigenvalue weighted by molar-refractivity contribution is 5.96. The predicted octanol–water partition coefficient (Wildman–Crippen LogP) is 0.319. The molecule has 1 aliphatic heterocycles. The van der Waals surface area contributed by atoms with Crippen LogP contribution in [-0.2, 0) is 11.8 Å². The first-order valence-corrected chi connectivity index (χ1v) is 8.10. The van der Waals surface area contributed by atoms with Crippen LogP contribution in [0.25, 0.3) is 0 Å². The number of aromatic nitrogens is 2. The Morgan fingerprint density at radius 2 is 1.78 bits per heavy atom. The smallest absolute Gasteiger partial charge is 0.257 e. The van der Waals surface area contributed by atoms with Crippen molar-refractivity contribution in [2.24, 2.45) is 7.05 Å². The zero-order chi connectivity index (χ0) is 17.1. The number of nitrogens with zero attached hydrogens (tertiary/aromatic N) is 4. The number of carbonyl (C=O) groups excluding carboxylic acids is 2. The van der Waals surface area contributed by atoms with Gasteiger partial charge in [0.25, 0.3) is 5.91 Å². The van der Waals surface area contributed by atoms with Crippen LogP contribution in [0.5, 0.6) is 0 Å². The van der Waals surface area contributed by atoms with Crippen LogP contribution < -0.4 is 5.32 Å². The standard InChI is InChI=1S/C16H27N5O2/c1-11(2)17-14(22)10-20-6-8-21(9-7-20)16(23)15-12(3)18-19(5)13(15)4/h11H,6-10H2,1-5H3,(H,17,22). The number of hydrogen-bond donors (Lipinski definition) is 1. The fourth-order valence-corrected chi connectivity index (χ4v) is 2.92. The molecule has 1 saturated heterocycles. The lowest BCUT2D eigenvalue weighted by Crippen LogP contribution is -2.51. The molecular weight excluding hydrogens is 294 g/mol. The summed E-state index contributed by atoms with van der Waals surface area (Å²) in [5, 5.41) is 7.21. The van der Waals surface area contributed by atoms with Crippen molar-refractivity contribution in [2.45, 2.75) is 33.7 Å². The minimum Gasteiger partial charge on any atom is -0.353 e. The zero-order valence-corrected chi connectivity index (χ0v) is 14.7. The second-order valence-corrected chi connectivity index (χ2v) is 6.46. The Balaban J connectivity index is 1.91. The molecule has 2 rings (SSSR count). The Labute approximate surface area is 137 Å². The molecule has 0 radical (unpaired) electrons. The third-order valence-corrected chi connectivity index (χ3v) is 4.20. The summed E-state index contributed by atoms with van der Waals surface area (Å²) in [5.41, 5.74) is 2.37. The molecule has 1 fully saturated rings. The quantitative estimate of drug-likeness (QED) is 0.867. The molecule has 0 aliphatic carbocycles. The molecule has 1 aromatic rings. The lowest BCUT2D eigenvalue weighted by Gasteiger charge is -2.34. The summed E-state index contributed by atoms with van der Waals surface area (Å²) < 4.78 is 1.75. The van der Waals surface area contributed by atoms with E-state index >= 15 is 0 Å². The van der Waals surface area contributed by atoms with Gasteiger partial charge in [0.2, 0.25) is 5.91 Å². The first-order chi connectivity index (χ1) is 10.8. The van der Waals surface area contributed by atoms with Crippen molar-refractivity contribution >= 4 is 11.8 Å². The van der Waals surface area contributed by atoms with Crippen molar-refractivity contribution in [2.75, 3.05) is 32.7 Å². The van der Waals surface area contributed by atoms with E-state index in [0.29, 0.717) is 25.2 Å². The minimum atomic E-state index is 0.0405. The number of rotatable bonds is 4. The van der Waals surface area contributed by atoms with Crippen molar-refractivity contribution in [3.05, 3.63) is 17.0 Å². The molecule has 0 aromatic carbocycles. The van der Waals surface area contributed by atoms with Crippen molar-refractivity contribution in [1.82, 2.24) is 24.9 Å². The molecule has 0 atom stereocenters. The molecule has 1 aliphatic rings. The molecule has 1 aromatic heterocycles. The average molecular weight is 321 g/mol. The van der Waals surface area contributed by atoms with Gasteiger partial charge >= 0.3 is 0 Å². The Morgan fingerprint density at radius 1 is 1.17 bits per heavy atom. The molecule has 23 heavy (non-hydrogen) atoms. The second kappa shape index (κ2) is 7.12. The zero-order valence-electron chi connectivity index (χ0n) is 14.7. The summed E-state index contributed by atoms with van der Waals surface area (Å²) in [6, 6.07) is 0.155. The maximum Gasteiger partial charge on any atom is 0.257 e. The SMILES string of the molecule is Cc1nn(C)c(C)c1C(=O)N1CCN(CC(=O)NC(C)C)CC1. The van der Waals surface area contributed by atoms with Crippen LogP contribution in [0.3, 0.4) is 0 Å². The average Bonchev–Trinajstić information content (AvgIpc) is 2.71. The number of amides is 2. The van der Waals surface area contributed by atoms with E-state index in [1.807, 2.05) is 39.6 Å². The summed E-state index contributed by atoms with van der Waals surface area (Å²) in [7, 11) is 1.85. The highest BCUT2D eigenvalue weighted by Crippen LogP contribution is 2.16. The van der Waals surface area contributed by atoms with E-state index in [2.05, 4.69) is 15.3 Å². The number of nitrogens with one attached hydrogen (secondary N) is 1. The summed E-state index contributed by atoms with van der Waals surface area (Å²) in [6.07, 6.45) is 0. The number of aryl methyl sites for hydroxylation is 2. The van der Waals surface area contributed by atoms with Gasteiger partial charge in [0.1, 0.15) is 0 Å². The highest BCUT2D eigenvalue weighted by atomic mass is 16.2. The maximum absolute atomic E-state index is 12.7. The van der Waals surface area contributed by atoms with Crippen molar-refractivity contribution in [1.29, 1.82) is 0 Å². The van der Waals surface area contributed by atoms with E-state index < -0.39 is 0 Å². The van der Waals surface area contributed by atoms with Crippen LogP contribution in [0.4, 0.5) is 0 Å². The molecule has 2 heterocycles. The van der Waals surface area contributed by atoms with Crippen LogP contribution >= 0.6 is 0 Å². The largest absolute Gasteiger partial charge is 0.353 e. The normalized spacial score (nSPS) is 16.0. The number of piperazine rings is 1. The first-order valence-electron chi connectivity index (χ1n) is 8.10. The van der Waals surface area contributed by atoms with E-state index in [4.69, 9.17) is 0 Å². The van der Waals surface area contributed by atoms with Crippen molar-refractivity contribution < 1.29 is 9.59 Å². The van der Waals surface area contributed by atoms with E-state index in [9.17, 15) is 9.59 Å². The summed E-state index contributed by atoms with van der Waals surface area (Å²) in [5.74, 6) is 0.0816. The molecule has 0 spiro atoms. The van der Waals surface area contributed by atoms with E-state index in [1.54, 1.807) is 4.68 Å². The summed E-state index contributed by atoms with van der Waals surface area (Å²) >= 11 is 0. The van der Waals surface area contributed by atoms with Gasteiger partial charge in [-0.1, -0.05) is 0 Å². The molecule has 0 saturated carbocycles. The Hall–Kier alpha value is -1.89. The third-order valence-electron chi connectivity index (χ3n) is 4.20. The Morgan fingerprint density at radius 3 is 2.26 bits per heavy atom. The van der Waals surface area contributed by atoms with Crippen LogP contribution in [-0.4, -0.2) is 70.2 Å². The molecule has 2 amide bonds. The van der Waals surface area contributed by atoms with E-state index in [1.165, 1.54) is 0 Å². The lowest BCUT2D eigenvalue weighted by atomic mass is 10.1. The van der Waals surface area contributed by atoms with Gasteiger partial charge in [-0.25, -0.2) is 0 Å². The highest BCUT2D eigenvalue weighted by Gasteiger charge is 2.27. The van der Waals surface area contributed by atoms with Gasteiger partial charge in [-0.15, -0.1) is 0 Å². The van der Waals surface area contributed by atoms with Gasteiger partial charge in [0.15, 0.2) is 0 Å². The molecule has 1 N–H and O–H groups in total. The third kappa shape index (κ3) is 4.10. The topological polar surface area (TPSA) is 70.5 Å². The maximum atomic E-state index is 12.7. The lowest BCUT2D eigenvalue weighted by molar-refractivity contribution is -0.123. The van der Waals surface area contributed by atoms with E-state index in [0.717, 1.165) is 24.5 Å².